The number of nitrogens with zero attached hydrogens (tertiary/aromatic N) is 5. The standard InChI is InChI=1S/C26H28ClN7S/c1-2-5-18-21(27)19(8-11-29-18)35-20-15-30-23-24(31-20)33-25(32-23)34-12-9-26(10-13-34)14-16-6-3-4-7-17(16)22(26)28/h3-4,6-8,11,15,22H,2,5,9-10,12-14,28H2,1H3,(H,30,31,32,33)/t22-/m1/s1. The van der Waals surface area contributed by atoms with Crippen molar-refractivity contribution in [2.45, 2.75) is 55.0 Å². The van der Waals surface area contributed by atoms with Crippen molar-refractivity contribution in [1.29, 1.82) is 0 Å². The Kier molecular flexibility index (Phi) is 5.90. The predicted octanol–water partition coefficient (Wildman–Crippen LogP) is 5.35. The van der Waals surface area contributed by atoms with E-state index in [0.29, 0.717) is 16.3 Å². The first-order chi connectivity index (χ1) is 17.1. The van der Waals surface area contributed by atoms with Crippen molar-refractivity contribution in [1.82, 2.24) is 24.9 Å². The van der Waals surface area contributed by atoms with E-state index in [4.69, 9.17) is 27.3 Å². The molecule has 35 heavy (non-hydrogen) atoms. The highest BCUT2D eigenvalue weighted by atomic mass is 35.5. The van der Waals surface area contributed by atoms with Crippen molar-refractivity contribution in [3.05, 3.63) is 64.6 Å². The number of aromatic nitrogens is 5. The van der Waals surface area contributed by atoms with Crippen LogP contribution < -0.4 is 10.6 Å². The van der Waals surface area contributed by atoms with Crippen molar-refractivity contribution < 1.29 is 0 Å². The Morgan fingerprint density at radius 1 is 1.17 bits per heavy atom. The number of aryl methyl sites for hydroxylation is 1. The van der Waals surface area contributed by atoms with Crippen LogP contribution in [-0.2, 0) is 12.8 Å². The number of nitrogens with two attached hydrogens (primary N) is 1. The van der Waals surface area contributed by atoms with Crippen molar-refractivity contribution in [2.24, 2.45) is 11.1 Å². The molecule has 9 heteroatoms. The second-order valence-corrected chi connectivity index (χ2v) is 11.0. The molecule has 0 amide bonds. The molecular weight excluding hydrogens is 478 g/mol. The fraction of sp³-hybridized carbons (Fsp3) is 0.385. The van der Waals surface area contributed by atoms with Crippen LogP contribution in [0.15, 0.2) is 52.6 Å². The molecule has 0 bridgehead atoms. The monoisotopic (exact) mass is 505 g/mol. The number of rotatable bonds is 5. The molecule has 3 aromatic heterocycles. The van der Waals surface area contributed by atoms with Gasteiger partial charge in [0.05, 0.1) is 16.9 Å². The SMILES string of the molecule is CCCc1nccc(Sc2cnc3nc(N4CCC5(CC4)Cc4ccccc4[C@H]5N)[nH]c3n2)c1Cl. The highest BCUT2D eigenvalue weighted by Crippen LogP contribution is 2.50. The summed E-state index contributed by atoms with van der Waals surface area (Å²) in [5.74, 6) is 0.827. The Morgan fingerprint density at radius 2 is 2.00 bits per heavy atom. The van der Waals surface area contributed by atoms with Gasteiger partial charge >= 0.3 is 0 Å². The van der Waals surface area contributed by atoms with Gasteiger partial charge < -0.3 is 15.6 Å². The molecule has 2 aliphatic rings. The Labute approximate surface area is 213 Å². The maximum absolute atomic E-state index is 6.74. The minimum atomic E-state index is 0.109. The van der Waals surface area contributed by atoms with Crippen molar-refractivity contribution in [3.63, 3.8) is 0 Å². The van der Waals surface area contributed by atoms with Gasteiger partial charge in [-0.2, -0.15) is 4.98 Å². The first kappa shape index (κ1) is 22.8. The lowest BCUT2D eigenvalue weighted by atomic mass is 9.73. The molecule has 7 nitrogen and oxygen atoms in total. The summed E-state index contributed by atoms with van der Waals surface area (Å²) in [5, 5.41) is 1.47. The lowest BCUT2D eigenvalue weighted by Crippen LogP contribution is -2.44. The summed E-state index contributed by atoms with van der Waals surface area (Å²) < 4.78 is 0. The number of pyridine rings is 1. The van der Waals surface area contributed by atoms with Crippen LogP contribution in [0.2, 0.25) is 5.02 Å². The third-order valence-electron chi connectivity index (χ3n) is 7.45. The Morgan fingerprint density at radius 3 is 2.80 bits per heavy atom. The zero-order valence-electron chi connectivity index (χ0n) is 19.7. The molecule has 6 rings (SSSR count). The van der Waals surface area contributed by atoms with E-state index in [-0.39, 0.29) is 11.5 Å². The van der Waals surface area contributed by atoms with Crippen LogP contribution in [0.5, 0.6) is 0 Å². The maximum atomic E-state index is 6.74. The molecule has 4 aromatic rings. The summed E-state index contributed by atoms with van der Waals surface area (Å²) in [4.78, 5) is 25.1. The number of hydrogen-bond acceptors (Lipinski definition) is 7. The zero-order valence-corrected chi connectivity index (χ0v) is 21.2. The fourth-order valence-corrected chi connectivity index (χ4v) is 6.63. The number of aromatic amines is 1. The highest BCUT2D eigenvalue weighted by Gasteiger charge is 2.46. The average molecular weight is 506 g/mol. The van der Waals surface area contributed by atoms with Gasteiger partial charge in [-0.15, -0.1) is 0 Å². The summed E-state index contributed by atoms with van der Waals surface area (Å²) in [6, 6.07) is 10.7. The third-order valence-corrected chi connectivity index (χ3v) is 8.95. The highest BCUT2D eigenvalue weighted by molar-refractivity contribution is 7.99. The van der Waals surface area contributed by atoms with E-state index in [1.54, 1.807) is 12.4 Å². The van der Waals surface area contributed by atoms with E-state index in [0.717, 1.165) is 66.8 Å². The van der Waals surface area contributed by atoms with E-state index >= 15 is 0 Å². The van der Waals surface area contributed by atoms with Gasteiger partial charge in [0.25, 0.3) is 0 Å². The largest absolute Gasteiger partial charge is 0.342 e. The number of imidazole rings is 1. The summed E-state index contributed by atoms with van der Waals surface area (Å²) in [6.45, 7) is 3.95. The molecule has 4 heterocycles. The van der Waals surface area contributed by atoms with Gasteiger partial charge in [0.2, 0.25) is 5.95 Å². The van der Waals surface area contributed by atoms with Crippen LogP contribution >= 0.6 is 23.4 Å². The summed E-state index contributed by atoms with van der Waals surface area (Å²) in [7, 11) is 0. The van der Waals surface area contributed by atoms with E-state index in [9.17, 15) is 0 Å². The second-order valence-electron chi connectivity index (χ2n) is 9.57. The molecule has 1 aliphatic heterocycles. The van der Waals surface area contributed by atoms with Crippen molar-refractivity contribution in [3.8, 4) is 0 Å². The minimum Gasteiger partial charge on any atom is -0.342 e. The van der Waals surface area contributed by atoms with Crippen molar-refractivity contribution >= 4 is 40.6 Å². The smallest absolute Gasteiger partial charge is 0.206 e. The number of H-pyrrole nitrogens is 1. The van der Waals surface area contributed by atoms with E-state index in [1.165, 1.54) is 22.9 Å². The summed E-state index contributed by atoms with van der Waals surface area (Å²) >= 11 is 8.09. The van der Waals surface area contributed by atoms with Crippen LogP contribution in [0.4, 0.5) is 5.95 Å². The Balaban J connectivity index is 1.18. The number of anilines is 1. The molecule has 1 fully saturated rings. The summed E-state index contributed by atoms with van der Waals surface area (Å²) in [6.07, 6.45) is 8.58. The topological polar surface area (TPSA) is 96.6 Å². The molecule has 180 valence electrons. The molecule has 3 N–H and O–H groups in total. The number of nitrogens with one attached hydrogen (secondary N) is 1. The second kappa shape index (κ2) is 9.08. The molecule has 1 spiro atoms. The van der Waals surface area contributed by atoms with Crippen molar-refractivity contribution in [2.75, 3.05) is 18.0 Å². The Bertz CT molecular complexity index is 1380. The lowest BCUT2D eigenvalue weighted by molar-refractivity contribution is 0.187. The predicted molar refractivity (Wildman–Crippen MR) is 140 cm³/mol. The Hall–Kier alpha value is -2.68. The third kappa shape index (κ3) is 4.07. The van der Waals surface area contributed by atoms with E-state index in [2.05, 4.69) is 51.0 Å². The minimum absolute atomic E-state index is 0.109. The summed E-state index contributed by atoms with van der Waals surface area (Å²) in [5.41, 5.74) is 11.9. The number of fused-ring (bicyclic) bond motifs is 2. The molecule has 0 unspecified atom stereocenters. The maximum Gasteiger partial charge on any atom is 0.206 e. The number of hydrogen-bond donors (Lipinski definition) is 2. The molecule has 1 aliphatic carbocycles. The molecule has 1 aromatic carbocycles. The number of benzene rings is 1. The molecular formula is C26H28ClN7S. The van der Waals surface area contributed by atoms with Gasteiger partial charge in [-0.1, -0.05) is 61.0 Å². The van der Waals surface area contributed by atoms with Gasteiger partial charge in [0.15, 0.2) is 11.3 Å². The molecule has 1 atom stereocenters. The first-order valence-electron chi connectivity index (χ1n) is 12.2. The molecule has 0 radical (unpaired) electrons. The van der Waals surface area contributed by atoms with E-state index < -0.39 is 0 Å². The number of piperidine rings is 1. The van der Waals surface area contributed by atoms with Gasteiger partial charge in [0, 0.05) is 30.2 Å². The van der Waals surface area contributed by atoms with E-state index in [1.807, 2.05) is 6.07 Å². The normalized spacial score (nSPS) is 18.9. The van der Waals surface area contributed by atoms with Crippen LogP contribution in [0.25, 0.3) is 11.3 Å². The van der Waals surface area contributed by atoms with Gasteiger partial charge in [-0.05, 0) is 48.3 Å². The number of halogens is 1. The van der Waals surface area contributed by atoms with Crippen LogP contribution in [0, 0.1) is 5.41 Å². The average Bonchev–Trinajstić information content (AvgIpc) is 3.41. The van der Waals surface area contributed by atoms with Crippen LogP contribution in [-0.4, -0.2) is 38.0 Å². The van der Waals surface area contributed by atoms with Crippen LogP contribution in [0.1, 0.15) is 49.0 Å². The van der Waals surface area contributed by atoms with Gasteiger partial charge in [0.1, 0.15) is 5.03 Å². The molecule has 1 saturated heterocycles. The first-order valence-corrected chi connectivity index (χ1v) is 13.4. The fourth-order valence-electron chi connectivity index (χ4n) is 5.50. The quantitative estimate of drug-likeness (QED) is 0.377. The lowest BCUT2D eigenvalue weighted by Gasteiger charge is -2.42. The van der Waals surface area contributed by atoms with Crippen LogP contribution in [0.3, 0.4) is 0 Å². The van der Waals surface area contributed by atoms with Gasteiger partial charge in [-0.25, -0.2) is 9.97 Å². The van der Waals surface area contributed by atoms with Gasteiger partial charge in [-0.3, -0.25) is 4.98 Å². The zero-order chi connectivity index (χ0) is 24.0. The molecule has 0 saturated carbocycles.